The Hall–Kier alpha value is -1.40. The first-order valence-corrected chi connectivity index (χ1v) is 12.5. The molecule has 4 aliphatic rings. The molecule has 2 aliphatic heterocycles. The predicted octanol–water partition coefficient (Wildman–Crippen LogP) is 3.22. The first-order valence-electron chi connectivity index (χ1n) is 11.6. The van der Waals surface area contributed by atoms with Crippen LogP contribution in [-0.2, 0) is 17.6 Å². The second-order valence-corrected chi connectivity index (χ2v) is 10.3. The normalized spacial score (nSPS) is 24.3. The number of hydrogen-bond donors (Lipinski definition) is 1. The van der Waals surface area contributed by atoms with Crippen molar-refractivity contribution in [3.8, 4) is 0 Å². The summed E-state index contributed by atoms with van der Waals surface area (Å²) in [5.41, 5.74) is 2.34. The van der Waals surface area contributed by atoms with Crippen molar-refractivity contribution in [3.05, 3.63) is 21.4 Å². The number of hydrogen-bond acceptors (Lipinski definition) is 4. The first-order chi connectivity index (χ1) is 14.2. The van der Waals surface area contributed by atoms with Gasteiger partial charge in [0.05, 0.1) is 5.56 Å². The van der Waals surface area contributed by atoms with Gasteiger partial charge in [0.2, 0.25) is 5.91 Å². The Morgan fingerprint density at radius 2 is 1.66 bits per heavy atom. The summed E-state index contributed by atoms with van der Waals surface area (Å²) in [7, 11) is 0. The topological polar surface area (TPSA) is 52.7 Å². The highest BCUT2D eigenvalue weighted by Gasteiger charge is 2.34. The molecular formula is C23H33N3O2S. The van der Waals surface area contributed by atoms with E-state index in [0.717, 1.165) is 83.1 Å². The fraction of sp³-hybridized carbons (Fsp3) is 0.739. The quantitative estimate of drug-likeness (QED) is 0.822. The van der Waals surface area contributed by atoms with E-state index >= 15 is 0 Å². The third-order valence-corrected chi connectivity index (χ3v) is 8.47. The van der Waals surface area contributed by atoms with Gasteiger partial charge in [0.1, 0.15) is 0 Å². The summed E-state index contributed by atoms with van der Waals surface area (Å²) in [5.74, 6) is 0.753. The molecule has 0 spiro atoms. The van der Waals surface area contributed by atoms with E-state index in [9.17, 15) is 9.59 Å². The minimum Gasteiger partial charge on any atom is -0.353 e. The van der Waals surface area contributed by atoms with Crippen LogP contribution < -0.4 is 5.32 Å². The number of amides is 2. The Balaban J connectivity index is 1.11. The van der Waals surface area contributed by atoms with Crippen molar-refractivity contribution in [1.82, 2.24) is 15.1 Å². The molecule has 0 atom stereocenters. The van der Waals surface area contributed by atoms with Gasteiger partial charge in [0, 0.05) is 41.3 Å². The molecule has 1 aromatic rings. The number of fused-ring (bicyclic) bond motifs is 1. The van der Waals surface area contributed by atoms with E-state index in [2.05, 4.69) is 20.5 Å². The molecule has 2 aliphatic carbocycles. The monoisotopic (exact) mass is 415 g/mol. The minimum atomic E-state index is 0.207. The highest BCUT2D eigenvalue weighted by Crippen LogP contribution is 2.32. The highest BCUT2D eigenvalue weighted by atomic mass is 32.1. The number of aryl methyl sites for hydroxylation is 1. The highest BCUT2D eigenvalue weighted by molar-refractivity contribution is 7.10. The van der Waals surface area contributed by atoms with E-state index < -0.39 is 0 Å². The van der Waals surface area contributed by atoms with Crippen LogP contribution in [-0.4, -0.2) is 59.9 Å². The van der Waals surface area contributed by atoms with Gasteiger partial charge in [-0.25, -0.2) is 0 Å². The van der Waals surface area contributed by atoms with Crippen LogP contribution in [0.15, 0.2) is 5.38 Å². The summed E-state index contributed by atoms with van der Waals surface area (Å²) in [5, 5.41) is 5.28. The SMILES string of the molecule is O=C(NC1CC1)C1CCN(C2CCN(C(=O)c3csc4c3CCCC4)CC2)CC1. The van der Waals surface area contributed by atoms with Gasteiger partial charge >= 0.3 is 0 Å². The lowest BCUT2D eigenvalue weighted by Crippen LogP contribution is -2.50. The predicted molar refractivity (Wildman–Crippen MR) is 115 cm³/mol. The van der Waals surface area contributed by atoms with Crippen LogP contribution in [0.4, 0.5) is 0 Å². The Morgan fingerprint density at radius 3 is 2.38 bits per heavy atom. The van der Waals surface area contributed by atoms with E-state index in [1.54, 1.807) is 11.3 Å². The van der Waals surface area contributed by atoms with Gasteiger partial charge in [-0.05, 0) is 82.9 Å². The first kappa shape index (κ1) is 19.6. The lowest BCUT2D eigenvalue weighted by Gasteiger charge is -2.41. The van der Waals surface area contributed by atoms with Crippen LogP contribution in [0, 0.1) is 5.92 Å². The zero-order chi connectivity index (χ0) is 19.8. The van der Waals surface area contributed by atoms with Crippen molar-refractivity contribution < 1.29 is 9.59 Å². The molecule has 3 fully saturated rings. The van der Waals surface area contributed by atoms with Crippen molar-refractivity contribution >= 4 is 23.2 Å². The van der Waals surface area contributed by atoms with Gasteiger partial charge in [0.25, 0.3) is 5.91 Å². The molecule has 5 rings (SSSR count). The minimum absolute atomic E-state index is 0.207. The summed E-state index contributed by atoms with van der Waals surface area (Å²) in [6.45, 7) is 3.80. The van der Waals surface area contributed by atoms with Crippen molar-refractivity contribution in [1.29, 1.82) is 0 Å². The van der Waals surface area contributed by atoms with Crippen LogP contribution >= 0.6 is 11.3 Å². The number of likely N-dealkylation sites (tertiary alicyclic amines) is 2. The number of carbonyl (C=O) groups is 2. The average molecular weight is 416 g/mol. The molecule has 0 unspecified atom stereocenters. The summed E-state index contributed by atoms with van der Waals surface area (Å²) < 4.78 is 0. The summed E-state index contributed by atoms with van der Waals surface area (Å²) in [6, 6.07) is 1.04. The molecule has 3 heterocycles. The van der Waals surface area contributed by atoms with Gasteiger partial charge < -0.3 is 15.1 Å². The Kier molecular flexibility index (Phi) is 5.65. The van der Waals surface area contributed by atoms with Gasteiger partial charge in [-0.3, -0.25) is 9.59 Å². The molecule has 0 radical (unpaired) electrons. The zero-order valence-electron chi connectivity index (χ0n) is 17.3. The zero-order valence-corrected chi connectivity index (χ0v) is 18.1. The van der Waals surface area contributed by atoms with Gasteiger partial charge in [0.15, 0.2) is 0 Å². The standard InChI is InChI=1S/C23H33N3O2S/c27-22(24-17-5-6-17)16-7-11-25(12-8-16)18-9-13-26(14-10-18)23(28)20-15-29-21-4-2-1-3-19(20)21/h15-18H,1-14H2,(H,24,27). The van der Waals surface area contributed by atoms with E-state index in [-0.39, 0.29) is 17.7 Å². The molecule has 1 aromatic heterocycles. The van der Waals surface area contributed by atoms with E-state index in [1.165, 1.54) is 23.3 Å². The van der Waals surface area contributed by atoms with E-state index in [4.69, 9.17) is 0 Å². The van der Waals surface area contributed by atoms with Gasteiger partial charge in [-0.2, -0.15) is 0 Å². The fourth-order valence-electron chi connectivity index (χ4n) is 5.35. The smallest absolute Gasteiger partial charge is 0.254 e. The van der Waals surface area contributed by atoms with Crippen molar-refractivity contribution in [2.45, 2.75) is 76.3 Å². The van der Waals surface area contributed by atoms with Crippen LogP contribution in [0.25, 0.3) is 0 Å². The summed E-state index contributed by atoms with van der Waals surface area (Å²) >= 11 is 1.79. The molecule has 6 heteroatoms. The molecule has 2 amide bonds. The van der Waals surface area contributed by atoms with Crippen LogP contribution in [0.1, 0.15) is 72.2 Å². The molecule has 2 saturated heterocycles. The number of piperidine rings is 2. The molecule has 0 bridgehead atoms. The van der Waals surface area contributed by atoms with E-state index in [1.807, 2.05) is 0 Å². The van der Waals surface area contributed by atoms with Crippen LogP contribution in [0.3, 0.4) is 0 Å². The maximum Gasteiger partial charge on any atom is 0.254 e. The maximum atomic E-state index is 13.1. The molecular weight excluding hydrogens is 382 g/mol. The van der Waals surface area contributed by atoms with Crippen LogP contribution in [0.2, 0.25) is 0 Å². The number of rotatable bonds is 4. The second-order valence-electron chi connectivity index (χ2n) is 9.37. The number of carbonyl (C=O) groups excluding carboxylic acids is 2. The summed E-state index contributed by atoms with van der Waals surface area (Å²) in [6.07, 6.45) is 11.2. The molecule has 5 nitrogen and oxygen atoms in total. The van der Waals surface area contributed by atoms with E-state index in [0.29, 0.717) is 12.1 Å². The number of nitrogens with zero attached hydrogens (tertiary/aromatic N) is 2. The molecule has 158 valence electrons. The van der Waals surface area contributed by atoms with Crippen LogP contribution in [0.5, 0.6) is 0 Å². The lowest BCUT2D eigenvalue weighted by atomic mass is 9.92. The Bertz CT molecular complexity index is 756. The molecule has 0 aromatic carbocycles. The average Bonchev–Trinajstić information content (AvgIpc) is 3.48. The molecule has 29 heavy (non-hydrogen) atoms. The van der Waals surface area contributed by atoms with Gasteiger partial charge in [-0.1, -0.05) is 0 Å². The second kappa shape index (κ2) is 8.38. The Labute approximate surface area is 177 Å². The maximum absolute atomic E-state index is 13.1. The third-order valence-electron chi connectivity index (χ3n) is 7.38. The van der Waals surface area contributed by atoms with Crippen molar-refractivity contribution in [2.75, 3.05) is 26.2 Å². The lowest BCUT2D eigenvalue weighted by molar-refractivity contribution is -0.126. The van der Waals surface area contributed by atoms with Crippen molar-refractivity contribution in [2.24, 2.45) is 5.92 Å². The number of thiophene rings is 1. The van der Waals surface area contributed by atoms with Gasteiger partial charge in [-0.15, -0.1) is 11.3 Å². The Morgan fingerprint density at radius 1 is 0.931 bits per heavy atom. The largest absolute Gasteiger partial charge is 0.353 e. The fourth-order valence-corrected chi connectivity index (χ4v) is 6.47. The molecule has 1 N–H and O–H groups in total. The third kappa shape index (κ3) is 4.24. The molecule has 1 saturated carbocycles. The summed E-state index contributed by atoms with van der Waals surface area (Å²) in [4.78, 5) is 31.5. The number of nitrogens with one attached hydrogen (secondary N) is 1. The van der Waals surface area contributed by atoms with Crippen molar-refractivity contribution in [3.63, 3.8) is 0 Å².